The van der Waals surface area contributed by atoms with Gasteiger partial charge in [0.05, 0.1) is 13.2 Å². The highest BCUT2D eigenvalue weighted by atomic mass is 16.3. The van der Waals surface area contributed by atoms with Gasteiger partial charge in [0.25, 0.3) is 0 Å². The van der Waals surface area contributed by atoms with Crippen LogP contribution in [0, 0.1) is 0 Å². The van der Waals surface area contributed by atoms with E-state index in [0.29, 0.717) is 6.54 Å². The van der Waals surface area contributed by atoms with Crippen LogP contribution in [0.15, 0.2) is 6.33 Å². The number of fused-ring (bicyclic) bond motifs is 1. The van der Waals surface area contributed by atoms with Crippen molar-refractivity contribution in [2.75, 3.05) is 19.7 Å². The van der Waals surface area contributed by atoms with Crippen LogP contribution in [0.3, 0.4) is 0 Å². The Morgan fingerprint density at radius 2 is 2.43 bits per heavy atom. The number of nitrogens with two attached hydrogens (primary N) is 1. The van der Waals surface area contributed by atoms with Gasteiger partial charge in [-0.15, -0.1) is 10.2 Å². The molecule has 0 aliphatic carbocycles. The SMILES string of the molecule is NCC(CO)N1CCn2cnnc2C1. The molecule has 3 N–H and O–H groups in total. The third-order valence-corrected chi connectivity index (χ3v) is 2.67. The van der Waals surface area contributed by atoms with Gasteiger partial charge in [0, 0.05) is 25.7 Å². The lowest BCUT2D eigenvalue weighted by Gasteiger charge is -2.32. The standard InChI is InChI=1S/C8H15N5O/c9-3-7(5-14)12-1-2-13-6-10-11-8(13)4-12/h6-7,14H,1-5,9H2. The molecule has 6 heteroatoms. The number of hydrogen-bond acceptors (Lipinski definition) is 5. The van der Waals surface area contributed by atoms with E-state index in [0.717, 1.165) is 25.5 Å². The van der Waals surface area contributed by atoms with Gasteiger partial charge in [-0.2, -0.15) is 0 Å². The molecule has 78 valence electrons. The quantitative estimate of drug-likeness (QED) is 0.611. The summed E-state index contributed by atoms with van der Waals surface area (Å²) in [6.07, 6.45) is 1.74. The molecule has 0 bridgehead atoms. The molecule has 1 aliphatic heterocycles. The summed E-state index contributed by atoms with van der Waals surface area (Å²) in [4.78, 5) is 2.14. The first-order valence-electron chi connectivity index (χ1n) is 4.77. The Bertz CT molecular complexity index is 296. The Balaban J connectivity index is 2.06. The molecular formula is C8H15N5O. The van der Waals surface area contributed by atoms with Crippen molar-refractivity contribution in [2.45, 2.75) is 19.1 Å². The van der Waals surface area contributed by atoms with Crippen molar-refractivity contribution in [2.24, 2.45) is 5.73 Å². The van der Waals surface area contributed by atoms with Gasteiger partial charge >= 0.3 is 0 Å². The van der Waals surface area contributed by atoms with Crippen LogP contribution in [0.4, 0.5) is 0 Å². The lowest BCUT2D eigenvalue weighted by Crippen LogP contribution is -2.46. The maximum Gasteiger partial charge on any atom is 0.147 e. The van der Waals surface area contributed by atoms with E-state index in [1.165, 1.54) is 0 Å². The minimum atomic E-state index is 0.0421. The number of aliphatic hydroxyl groups is 1. The van der Waals surface area contributed by atoms with Crippen LogP contribution in [0.1, 0.15) is 5.82 Å². The predicted octanol–water partition coefficient (Wildman–Crippen LogP) is -1.59. The molecule has 14 heavy (non-hydrogen) atoms. The first-order chi connectivity index (χ1) is 6.85. The molecule has 0 fully saturated rings. The van der Waals surface area contributed by atoms with E-state index in [1.54, 1.807) is 6.33 Å². The summed E-state index contributed by atoms with van der Waals surface area (Å²) in [6.45, 7) is 3.07. The fraction of sp³-hybridized carbons (Fsp3) is 0.750. The van der Waals surface area contributed by atoms with Gasteiger partial charge in [-0.25, -0.2) is 0 Å². The number of aromatic nitrogens is 3. The predicted molar refractivity (Wildman–Crippen MR) is 50.4 cm³/mol. The molecule has 2 rings (SSSR count). The first-order valence-corrected chi connectivity index (χ1v) is 4.77. The Labute approximate surface area is 82.3 Å². The van der Waals surface area contributed by atoms with E-state index < -0.39 is 0 Å². The third kappa shape index (κ3) is 1.63. The molecule has 1 aromatic heterocycles. The monoisotopic (exact) mass is 197 g/mol. The second-order valence-corrected chi connectivity index (χ2v) is 3.48. The molecule has 1 unspecified atom stereocenters. The van der Waals surface area contributed by atoms with E-state index >= 15 is 0 Å². The van der Waals surface area contributed by atoms with Crippen LogP contribution < -0.4 is 5.73 Å². The fourth-order valence-electron chi connectivity index (χ4n) is 1.74. The van der Waals surface area contributed by atoms with Gasteiger partial charge < -0.3 is 15.4 Å². The average Bonchev–Trinajstić information content (AvgIpc) is 2.66. The summed E-state index contributed by atoms with van der Waals surface area (Å²) in [7, 11) is 0. The summed E-state index contributed by atoms with van der Waals surface area (Å²) in [5.74, 6) is 0.947. The maximum absolute atomic E-state index is 9.11. The lowest BCUT2D eigenvalue weighted by atomic mass is 10.2. The Morgan fingerprint density at radius 1 is 1.57 bits per heavy atom. The topological polar surface area (TPSA) is 80.2 Å². The highest BCUT2D eigenvalue weighted by Crippen LogP contribution is 2.11. The largest absolute Gasteiger partial charge is 0.395 e. The van der Waals surface area contributed by atoms with Gasteiger partial charge in [0.1, 0.15) is 12.2 Å². The van der Waals surface area contributed by atoms with Crippen molar-refractivity contribution in [1.29, 1.82) is 0 Å². The van der Waals surface area contributed by atoms with E-state index in [2.05, 4.69) is 15.1 Å². The molecule has 2 heterocycles. The molecular weight excluding hydrogens is 182 g/mol. The fourth-order valence-corrected chi connectivity index (χ4v) is 1.74. The van der Waals surface area contributed by atoms with Crippen molar-refractivity contribution in [3.63, 3.8) is 0 Å². The van der Waals surface area contributed by atoms with Crippen LogP contribution in [-0.2, 0) is 13.1 Å². The summed E-state index contributed by atoms with van der Waals surface area (Å²) in [5, 5.41) is 17.0. The molecule has 0 saturated heterocycles. The smallest absolute Gasteiger partial charge is 0.147 e. The minimum absolute atomic E-state index is 0.0421. The maximum atomic E-state index is 9.11. The number of hydrogen-bond donors (Lipinski definition) is 2. The van der Waals surface area contributed by atoms with Crippen LogP contribution in [0.2, 0.25) is 0 Å². The Morgan fingerprint density at radius 3 is 3.14 bits per heavy atom. The second kappa shape index (κ2) is 4.04. The van der Waals surface area contributed by atoms with Gasteiger partial charge in [-0.05, 0) is 0 Å². The summed E-state index contributed by atoms with van der Waals surface area (Å²) in [6, 6.07) is 0.0421. The molecule has 0 aromatic carbocycles. The molecule has 0 saturated carbocycles. The minimum Gasteiger partial charge on any atom is -0.395 e. The molecule has 1 atom stereocenters. The van der Waals surface area contributed by atoms with Crippen molar-refractivity contribution in [3.05, 3.63) is 12.2 Å². The summed E-state index contributed by atoms with van der Waals surface area (Å²) in [5.41, 5.74) is 5.56. The van der Waals surface area contributed by atoms with Crippen molar-refractivity contribution >= 4 is 0 Å². The van der Waals surface area contributed by atoms with Gasteiger partial charge in [0.2, 0.25) is 0 Å². The van der Waals surface area contributed by atoms with Gasteiger partial charge in [-0.3, -0.25) is 4.90 Å². The molecule has 0 spiro atoms. The van der Waals surface area contributed by atoms with E-state index in [9.17, 15) is 0 Å². The summed E-state index contributed by atoms with van der Waals surface area (Å²) < 4.78 is 2.03. The van der Waals surface area contributed by atoms with E-state index in [1.807, 2.05) is 4.57 Å². The lowest BCUT2D eigenvalue weighted by molar-refractivity contribution is 0.101. The highest BCUT2D eigenvalue weighted by molar-refractivity contribution is 4.91. The zero-order valence-corrected chi connectivity index (χ0v) is 8.00. The molecule has 0 radical (unpaired) electrons. The van der Waals surface area contributed by atoms with Crippen LogP contribution in [-0.4, -0.2) is 50.5 Å². The Kier molecular flexibility index (Phi) is 2.76. The average molecular weight is 197 g/mol. The molecule has 0 amide bonds. The summed E-state index contributed by atoms with van der Waals surface area (Å²) >= 11 is 0. The molecule has 1 aliphatic rings. The van der Waals surface area contributed by atoms with Crippen molar-refractivity contribution in [1.82, 2.24) is 19.7 Å². The van der Waals surface area contributed by atoms with Gasteiger partial charge in [-0.1, -0.05) is 0 Å². The van der Waals surface area contributed by atoms with Crippen molar-refractivity contribution < 1.29 is 5.11 Å². The first kappa shape index (κ1) is 9.57. The second-order valence-electron chi connectivity index (χ2n) is 3.48. The van der Waals surface area contributed by atoms with Crippen LogP contribution >= 0.6 is 0 Å². The number of nitrogens with zero attached hydrogens (tertiary/aromatic N) is 4. The zero-order chi connectivity index (χ0) is 9.97. The highest BCUT2D eigenvalue weighted by Gasteiger charge is 2.22. The third-order valence-electron chi connectivity index (χ3n) is 2.67. The van der Waals surface area contributed by atoms with Crippen LogP contribution in [0.5, 0.6) is 0 Å². The molecule has 1 aromatic rings. The van der Waals surface area contributed by atoms with E-state index in [4.69, 9.17) is 10.8 Å². The number of aliphatic hydroxyl groups excluding tert-OH is 1. The zero-order valence-electron chi connectivity index (χ0n) is 8.00. The normalized spacial score (nSPS) is 19.3. The van der Waals surface area contributed by atoms with Crippen LogP contribution in [0.25, 0.3) is 0 Å². The Hall–Kier alpha value is -0.980. The number of rotatable bonds is 3. The molecule has 6 nitrogen and oxygen atoms in total. The van der Waals surface area contributed by atoms with E-state index in [-0.39, 0.29) is 12.6 Å². The van der Waals surface area contributed by atoms with Crippen molar-refractivity contribution in [3.8, 4) is 0 Å². The van der Waals surface area contributed by atoms with Gasteiger partial charge in [0.15, 0.2) is 0 Å².